The Morgan fingerprint density at radius 1 is 1.14 bits per heavy atom. The first-order valence-electron chi connectivity index (χ1n) is 9.35. The summed E-state index contributed by atoms with van der Waals surface area (Å²) in [6.45, 7) is 5.30. The second kappa shape index (κ2) is 9.67. The summed E-state index contributed by atoms with van der Waals surface area (Å²) in [5, 5.41) is 3.45. The molecular formula is C22H23ClFN3O2. The average Bonchev–Trinajstić information content (AvgIpc) is 3.12. The number of rotatable bonds is 8. The Labute approximate surface area is 174 Å². The van der Waals surface area contributed by atoms with Crippen LogP contribution in [-0.4, -0.2) is 21.8 Å². The van der Waals surface area contributed by atoms with Crippen molar-refractivity contribution in [3.05, 3.63) is 88.3 Å². The lowest BCUT2D eigenvalue weighted by molar-refractivity contribution is 0.0938. The molecule has 0 saturated carbocycles. The monoisotopic (exact) mass is 415 g/mol. The van der Waals surface area contributed by atoms with Crippen molar-refractivity contribution in [1.29, 1.82) is 0 Å². The van der Waals surface area contributed by atoms with Crippen LogP contribution in [0, 0.1) is 5.82 Å². The van der Waals surface area contributed by atoms with Gasteiger partial charge in [-0.3, -0.25) is 9.69 Å². The average molecular weight is 416 g/mol. The molecule has 0 saturated heterocycles. The molecule has 0 unspecified atom stereocenters. The van der Waals surface area contributed by atoms with Crippen LogP contribution < -0.4 is 5.32 Å². The molecule has 5 nitrogen and oxygen atoms in total. The van der Waals surface area contributed by atoms with Gasteiger partial charge in [-0.2, -0.15) is 0 Å². The first-order valence-corrected chi connectivity index (χ1v) is 9.73. The molecule has 7 heteroatoms. The van der Waals surface area contributed by atoms with E-state index in [1.807, 2.05) is 38.1 Å². The number of halogens is 2. The molecule has 29 heavy (non-hydrogen) atoms. The minimum absolute atomic E-state index is 0.0143. The standard InChI is InChI=1S/C22H23ClFN3O2/c1-15(2)25-22(28)20-14-29-21(26-20)13-27(11-16-6-8-19(24)9-7-16)12-17-4-3-5-18(23)10-17/h3-10,14-15H,11-13H2,1-2H3,(H,25,28). The van der Waals surface area contributed by atoms with Crippen molar-refractivity contribution >= 4 is 17.5 Å². The van der Waals surface area contributed by atoms with Gasteiger partial charge in [0.15, 0.2) is 5.69 Å². The molecule has 0 aliphatic rings. The lowest BCUT2D eigenvalue weighted by atomic mass is 10.1. The van der Waals surface area contributed by atoms with Gasteiger partial charge in [0.1, 0.15) is 12.1 Å². The lowest BCUT2D eigenvalue weighted by Crippen LogP contribution is -2.30. The van der Waals surface area contributed by atoms with Crippen LogP contribution in [0.25, 0.3) is 0 Å². The number of carbonyl (C=O) groups excluding carboxylic acids is 1. The summed E-state index contributed by atoms with van der Waals surface area (Å²) in [5.41, 5.74) is 2.24. The molecule has 1 heterocycles. The number of oxazole rings is 1. The van der Waals surface area contributed by atoms with Gasteiger partial charge in [0, 0.05) is 24.2 Å². The number of nitrogens with one attached hydrogen (secondary N) is 1. The lowest BCUT2D eigenvalue weighted by Gasteiger charge is -2.21. The second-order valence-electron chi connectivity index (χ2n) is 7.16. The number of hydrogen-bond acceptors (Lipinski definition) is 4. The van der Waals surface area contributed by atoms with Crippen molar-refractivity contribution in [1.82, 2.24) is 15.2 Å². The van der Waals surface area contributed by atoms with Crippen molar-refractivity contribution in [2.45, 2.75) is 39.5 Å². The van der Waals surface area contributed by atoms with Crippen molar-refractivity contribution in [2.75, 3.05) is 0 Å². The first kappa shape index (κ1) is 21.0. The Hall–Kier alpha value is -2.70. The van der Waals surface area contributed by atoms with Crippen LogP contribution in [0.5, 0.6) is 0 Å². The largest absolute Gasteiger partial charge is 0.447 e. The molecule has 3 rings (SSSR count). The summed E-state index contributed by atoms with van der Waals surface area (Å²) >= 11 is 6.11. The maximum Gasteiger partial charge on any atom is 0.273 e. The van der Waals surface area contributed by atoms with Crippen LogP contribution in [0.1, 0.15) is 41.4 Å². The van der Waals surface area contributed by atoms with E-state index < -0.39 is 0 Å². The molecule has 0 aliphatic carbocycles. The fourth-order valence-electron chi connectivity index (χ4n) is 2.92. The van der Waals surface area contributed by atoms with E-state index in [2.05, 4.69) is 15.2 Å². The molecule has 0 spiro atoms. The molecule has 0 atom stereocenters. The highest BCUT2D eigenvalue weighted by atomic mass is 35.5. The Morgan fingerprint density at radius 3 is 2.55 bits per heavy atom. The molecule has 1 N–H and O–H groups in total. The third-order valence-corrected chi connectivity index (χ3v) is 4.41. The molecule has 2 aromatic carbocycles. The number of amides is 1. The van der Waals surface area contributed by atoms with Gasteiger partial charge in [0.2, 0.25) is 5.89 Å². The zero-order valence-corrected chi connectivity index (χ0v) is 17.1. The van der Waals surface area contributed by atoms with E-state index in [0.717, 1.165) is 11.1 Å². The third kappa shape index (κ3) is 6.41. The number of benzene rings is 2. The van der Waals surface area contributed by atoms with E-state index in [-0.39, 0.29) is 23.5 Å². The summed E-state index contributed by atoms with van der Waals surface area (Å²) in [6.07, 6.45) is 1.36. The van der Waals surface area contributed by atoms with Crippen LogP contribution in [0.15, 0.2) is 59.2 Å². The zero-order chi connectivity index (χ0) is 20.8. The summed E-state index contributed by atoms with van der Waals surface area (Å²) in [6, 6.07) is 14.0. The van der Waals surface area contributed by atoms with Gasteiger partial charge >= 0.3 is 0 Å². The topological polar surface area (TPSA) is 58.4 Å². The zero-order valence-electron chi connectivity index (χ0n) is 16.4. The SMILES string of the molecule is CC(C)NC(=O)c1coc(CN(Cc2ccc(F)cc2)Cc2cccc(Cl)c2)n1. The summed E-state index contributed by atoms with van der Waals surface area (Å²) in [7, 11) is 0. The number of hydrogen-bond donors (Lipinski definition) is 1. The van der Waals surface area contributed by atoms with Gasteiger partial charge in [0.25, 0.3) is 5.91 Å². The quantitative estimate of drug-likeness (QED) is 0.573. The van der Waals surface area contributed by atoms with E-state index in [4.69, 9.17) is 16.0 Å². The number of carbonyl (C=O) groups is 1. The van der Waals surface area contributed by atoms with E-state index in [1.165, 1.54) is 18.4 Å². The molecule has 3 aromatic rings. The second-order valence-corrected chi connectivity index (χ2v) is 7.59. The highest BCUT2D eigenvalue weighted by Gasteiger charge is 2.16. The maximum atomic E-state index is 13.2. The van der Waals surface area contributed by atoms with Crippen LogP contribution in [0.3, 0.4) is 0 Å². The number of nitrogens with zero attached hydrogens (tertiary/aromatic N) is 2. The molecule has 152 valence electrons. The van der Waals surface area contributed by atoms with Crippen molar-refractivity contribution < 1.29 is 13.6 Å². The van der Waals surface area contributed by atoms with Gasteiger partial charge < -0.3 is 9.73 Å². The highest BCUT2D eigenvalue weighted by Crippen LogP contribution is 2.17. The summed E-state index contributed by atoms with van der Waals surface area (Å²) < 4.78 is 18.8. The normalized spacial score (nSPS) is 11.2. The predicted molar refractivity (Wildman–Crippen MR) is 110 cm³/mol. The van der Waals surface area contributed by atoms with Gasteiger partial charge in [-0.25, -0.2) is 9.37 Å². The van der Waals surface area contributed by atoms with Gasteiger partial charge in [-0.1, -0.05) is 35.9 Å². The van der Waals surface area contributed by atoms with Crippen molar-refractivity contribution in [3.8, 4) is 0 Å². The van der Waals surface area contributed by atoms with E-state index >= 15 is 0 Å². The number of aromatic nitrogens is 1. The molecule has 1 amide bonds. The van der Waals surface area contributed by atoms with E-state index in [0.29, 0.717) is 30.5 Å². The summed E-state index contributed by atoms with van der Waals surface area (Å²) in [5.74, 6) is -0.110. The molecular weight excluding hydrogens is 393 g/mol. The Morgan fingerprint density at radius 2 is 1.86 bits per heavy atom. The summed E-state index contributed by atoms with van der Waals surface area (Å²) in [4.78, 5) is 18.5. The van der Waals surface area contributed by atoms with Gasteiger partial charge in [-0.15, -0.1) is 0 Å². The van der Waals surface area contributed by atoms with Crippen molar-refractivity contribution in [2.24, 2.45) is 0 Å². The molecule has 0 bridgehead atoms. The van der Waals surface area contributed by atoms with E-state index in [9.17, 15) is 9.18 Å². The van der Waals surface area contributed by atoms with Crippen LogP contribution in [0.2, 0.25) is 5.02 Å². The minimum Gasteiger partial charge on any atom is -0.447 e. The predicted octanol–water partition coefficient (Wildman–Crippen LogP) is 4.81. The maximum absolute atomic E-state index is 13.2. The molecule has 1 aromatic heterocycles. The molecule has 0 aliphatic heterocycles. The van der Waals surface area contributed by atoms with Crippen molar-refractivity contribution in [3.63, 3.8) is 0 Å². The Bertz CT molecular complexity index is 957. The van der Waals surface area contributed by atoms with Gasteiger partial charge in [0.05, 0.1) is 6.54 Å². The van der Waals surface area contributed by atoms with Gasteiger partial charge in [-0.05, 0) is 49.2 Å². The highest BCUT2D eigenvalue weighted by molar-refractivity contribution is 6.30. The molecule has 0 fully saturated rings. The Kier molecular flexibility index (Phi) is 7.01. The minimum atomic E-state index is -0.274. The fourth-order valence-corrected chi connectivity index (χ4v) is 3.14. The van der Waals surface area contributed by atoms with E-state index in [1.54, 1.807) is 12.1 Å². The fraction of sp³-hybridized carbons (Fsp3) is 0.273. The molecule has 0 radical (unpaired) electrons. The van der Waals surface area contributed by atoms with Crippen LogP contribution in [-0.2, 0) is 19.6 Å². The Balaban J connectivity index is 1.76. The van der Waals surface area contributed by atoms with Crippen LogP contribution >= 0.6 is 11.6 Å². The third-order valence-electron chi connectivity index (χ3n) is 4.18. The smallest absolute Gasteiger partial charge is 0.273 e. The van der Waals surface area contributed by atoms with Crippen LogP contribution in [0.4, 0.5) is 4.39 Å². The first-order chi connectivity index (χ1) is 13.9.